The smallest absolute Gasteiger partial charge is 0.120 e. The van der Waals surface area contributed by atoms with Gasteiger partial charge in [0.05, 0.1) is 0 Å². The minimum Gasteiger partial charge on any atom is -0.492 e. The van der Waals surface area contributed by atoms with E-state index in [0.29, 0.717) is 17.6 Å². The first-order chi connectivity index (χ1) is 9.66. The van der Waals surface area contributed by atoms with Crippen LogP contribution in [-0.4, -0.2) is 35.6 Å². The summed E-state index contributed by atoms with van der Waals surface area (Å²) >= 11 is 4.98. The fraction of sp³-hybridized carbons (Fsp3) is 0.562. The molecule has 0 saturated carbocycles. The first-order valence-electron chi connectivity index (χ1n) is 7.43. The van der Waals surface area contributed by atoms with Crippen LogP contribution in [0.4, 0.5) is 0 Å². The Bertz CT molecular complexity index is 450. The Morgan fingerprint density at radius 3 is 3.05 bits per heavy atom. The highest BCUT2D eigenvalue weighted by atomic mass is 32.1. The van der Waals surface area contributed by atoms with Crippen molar-refractivity contribution in [2.75, 3.05) is 19.7 Å². The Hall–Kier alpha value is -1.13. The molecular weight excluding hydrogens is 268 g/mol. The lowest BCUT2D eigenvalue weighted by atomic mass is 10.1. The Morgan fingerprint density at radius 1 is 1.40 bits per heavy atom. The molecule has 3 nitrogen and oxygen atoms in total. The summed E-state index contributed by atoms with van der Waals surface area (Å²) in [6.07, 6.45) is 5.32. The van der Waals surface area contributed by atoms with E-state index in [1.807, 2.05) is 24.3 Å². The van der Waals surface area contributed by atoms with Crippen LogP contribution < -0.4 is 10.5 Å². The minimum atomic E-state index is 0.414. The predicted molar refractivity (Wildman–Crippen MR) is 87.3 cm³/mol. The van der Waals surface area contributed by atoms with E-state index in [9.17, 15) is 0 Å². The van der Waals surface area contributed by atoms with Gasteiger partial charge in [-0.05, 0) is 38.4 Å². The Balaban J connectivity index is 1.83. The van der Waals surface area contributed by atoms with Crippen molar-refractivity contribution in [3.8, 4) is 5.75 Å². The topological polar surface area (TPSA) is 38.5 Å². The molecule has 0 bridgehead atoms. The maximum atomic E-state index is 5.83. The molecule has 0 radical (unpaired) electrons. The maximum absolute atomic E-state index is 5.83. The lowest BCUT2D eigenvalue weighted by molar-refractivity contribution is 0.171. The van der Waals surface area contributed by atoms with Crippen LogP contribution in [0.25, 0.3) is 0 Å². The highest BCUT2D eigenvalue weighted by Gasteiger charge is 2.16. The van der Waals surface area contributed by atoms with Crippen LogP contribution in [0.5, 0.6) is 5.75 Å². The normalized spacial score (nSPS) is 20.4. The van der Waals surface area contributed by atoms with Gasteiger partial charge in [-0.25, -0.2) is 0 Å². The number of nitrogens with two attached hydrogens (primary N) is 1. The largest absolute Gasteiger partial charge is 0.492 e. The van der Waals surface area contributed by atoms with Crippen LogP contribution in [0.2, 0.25) is 0 Å². The monoisotopic (exact) mass is 292 g/mol. The van der Waals surface area contributed by atoms with E-state index in [0.717, 1.165) is 17.9 Å². The maximum Gasteiger partial charge on any atom is 0.120 e. The molecule has 1 aromatic rings. The zero-order chi connectivity index (χ0) is 14.4. The molecule has 0 amide bonds. The molecule has 110 valence electrons. The number of hydrogen-bond donors (Lipinski definition) is 1. The molecule has 1 atom stereocenters. The Kier molecular flexibility index (Phi) is 5.80. The van der Waals surface area contributed by atoms with E-state index in [2.05, 4.69) is 11.8 Å². The van der Waals surface area contributed by atoms with Gasteiger partial charge in [0.2, 0.25) is 0 Å². The van der Waals surface area contributed by atoms with Crippen molar-refractivity contribution in [1.82, 2.24) is 4.90 Å². The average molecular weight is 292 g/mol. The summed E-state index contributed by atoms with van der Waals surface area (Å²) in [6, 6.07) is 8.37. The summed E-state index contributed by atoms with van der Waals surface area (Å²) < 4.78 is 5.83. The number of hydrogen-bond acceptors (Lipinski definition) is 3. The van der Waals surface area contributed by atoms with E-state index < -0.39 is 0 Å². The van der Waals surface area contributed by atoms with Gasteiger partial charge in [0, 0.05) is 18.2 Å². The molecule has 1 heterocycles. The standard InChI is InChI=1S/C16H24N2OS/c1-13-6-3-2-4-9-18(13)10-11-19-15-8-5-7-14(12-15)16(17)20/h5,7-8,12-13H,2-4,6,9-11H2,1H3,(H2,17,20). The number of likely N-dealkylation sites (tertiary alicyclic amines) is 1. The summed E-state index contributed by atoms with van der Waals surface area (Å²) in [5.41, 5.74) is 6.49. The van der Waals surface area contributed by atoms with Gasteiger partial charge in [0.25, 0.3) is 0 Å². The third-order valence-corrected chi connectivity index (χ3v) is 4.19. The number of nitrogens with zero attached hydrogens (tertiary/aromatic N) is 1. The van der Waals surface area contributed by atoms with E-state index in [1.165, 1.54) is 32.2 Å². The van der Waals surface area contributed by atoms with Gasteiger partial charge < -0.3 is 10.5 Å². The van der Waals surface area contributed by atoms with Crippen LogP contribution >= 0.6 is 12.2 Å². The summed E-state index contributed by atoms with van der Waals surface area (Å²) in [5, 5.41) is 0. The molecule has 0 aromatic heterocycles. The number of thiocarbonyl (C=S) groups is 1. The Labute approximate surface area is 127 Å². The van der Waals surface area contributed by atoms with Gasteiger partial charge in [-0.15, -0.1) is 0 Å². The number of benzene rings is 1. The predicted octanol–water partition coefficient (Wildman–Crippen LogP) is 2.96. The zero-order valence-corrected chi connectivity index (χ0v) is 13.0. The highest BCUT2D eigenvalue weighted by Crippen LogP contribution is 2.17. The fourth-order valence-electron chi connectivity index (χ4n) is 2.69. The number of rotatable bonds is 5. The molecule has 1 aliphatic rings. The van der Waals surface area contributed by atoms with Crippen molar-refractivity contribution in [3.63, 3.8) is 0 Å². The molecule has 0 spiro atoms. The zero-order valence-electron chi connectivity index (χ0n) is 12.2. The SMILES string of the molecule is CC1CCCCCN1CCOc1cccc(C(N)=S)c1. The lowest BCUT2D eigenvalue weighted by Gasteiger charge is -2.26. The van der Waals surface area contributed by atoms with Gasteiger partial charge in [0.1, 0.15) is 17.3 Å². The summed E-state index contributed by atoms with van der Waals surface area (Å²) in [6.45, 7) is 5.21. The second kappa shape index (κ2) is 7.60. The molecule has 4 heteroatoms. The third kappa shape index (κ3) is 4.46. The summed E-state index contributed by atoms with van der Waals surface area (Å²) in [5.74, 6) is 0.845. The van der Waals surface area contributed by atoms with Crippen LogP contribution in [0, 0.1) is 0 Å². The molecule has 1 saturated heterocycles. The molecular formula is C16H24N2OS. The molecule has 2 rings (SSSR count). The van der Waals surface area contributed by atoms with Gasteiger partial charge in [-0.1, -0.05) is 37.2 Å². The van der Waals surface area contributed by atoms with E-state index in [4.69, 9.17) is 22.7 Å². The molecule has 2 N–H and O–H groups in total. The second-order valence-electron chi connectivity index (χ2n) is 5.47. The molecule has 1 aromatic carbocycles. The average Bonchev–Trinajstić information content (AvgIpc) is 2.64. The van der Waals surface area contributed by atoms with Crippen molar-refractivity contribution in [3.05, 3.63) is 29.8 Å². The quantitative estimate of drug-likeness (QED) is 0.847. The van der Waals surface area contributed by atoms with Crippen molar-refractivity contribution in [2.24, 2.45) is 5.73 Å². The van der Waals surface area contributed by atoms with Crippen molar-refractivity contribution in [2.45, 2.75) is 38.6 Å². The highest BCUT2D eigenvalue weighted by molar-refractivity contribution is 7.80. The van der Waals surface area contributed by atoms with E-state index in [1.54, 1.807) is 0 Å². The van der Waals surface area contributed by atoms with Gasteiger partial charge in [-0.3, -0.25) is 4.90 Å². The van der Waals surface area contributed by atoms with Crippen molar-refractivity contribution >= 4 is 17.2 Å². The van der Waals surface area contributed by atoms with E-state index >= 15 is 0 Å². The first kappa shape index (κ1) is 15.3. The third-order valence-electron chi connectivity index (χ3n) is 3.96. The summed E-state index contributed by atoms with van der Waals surface area (Å²) in [7, 11) is 0. The number of ether oxygens (including phenoxy) is 1. The lowest BCUT2D eigenvalue weighted by Crippen LogP contribution is -2.35. The summed E-state index contributed by atoms with van der Waals surface area (Å²) in [4.78, 5) is 2.95. The first-order valence-corrected chi connectivity index (χ1v) is 7.84. The van der Waals surface area contributed by atoms with Crippen molar-refractivity contribution < 1.29 is 4.74 Å². The van der Waals surface area contributed by atoms with Crippen LogP contribution in [0.15, 0.2) is 24.3 Å². The Morgan fingerprint density at radius 2 is 2.25 bits per heavy atom. The van der Waals surface area contributed by atoms with E-state index in [-0.39, 0.29) is 0 Å². The molecule has 1 aliphatic heterocycles. The molecule has 1 unspecified atom stereocenters. The fourth-order valence-corrected chi connectivity index (χ4v) is 2.81. The van der Waals surface area contributed by atoms with Crippen molar-refractivity contribution in [1.29, 1.82) is 0 Å². The molecule has 20 heavy (non-hydrogen) atoms. The second-order valence-corrected chi connectivity index (χ2v) is 5.91. The van der Waals surface area contributed by atoms with Crippen LogP contribution in [0.3, 0.4) is 0 Å². The van der Waals surface area contributed by atoms with Gasteiger partial charge in [-0.2, -0.15) is 0 Å². The van der Waals surface area contributed by atoms with Crippen LogP contribution in [0.1, 0.15) is 38.2 Å². The molecule has 1 fully saturated rings. The van der Waals surface area contributed by atoms with Crippen LogP contribution in [-0.2, 0) is 0 Å². The van der Waals surface area contributed by atoms with Gasteiger partial charge in [0.15, 0.2) is 0 Å². The minimum absolute atomic E-state index is 0.414. The van der Waals surface area contributed by atoms with Gasteiger partial charge >= 0.3 is 0 Å². The molecule has 0 aliphatic carbocycles.